The van der Waals surface area contributed by atoms with Gasteiger partial charge in [0.2, 0.25) is 11.8 Å². The minimum atomic E-state index is -0.0260. The molecule has 0 spiro atoms. The van der Waals surface area contributed by atoms with Gasteiger partial charge < -0.3 is 10.2 Å². The van der Waals surface area contributed by atoms with E-state index in [2.05, 4.69) is 22.6 Å². The summed E-state index contributed by atoms with van der Waals surface area (Å²) < 4.78 is 3.66. The standard InChI is InChI=1S/C23H22N4O2/c1-2-3-8-17(11-13-18-22(28)24-20-9-4-6-15-26(18)20)12-14-19-23(29)25-21-10-5-7-16-27(19)21/h4-7,9-11,13-16,28-29H,2-3,8H2,1H3. The third kappa shape index (κ3) is 3.79. The third-order valence-corrected chi connectivity index (χ3v) is 4.73. The molecule has 2 N–H and O–H groups in total. The zero-order chi connectivity index (χ0) is 20.2. The van der Waals surface area contributed by atoms with Crippen LogP contribution in [0.25, 0.3) is 23.4 Å². The Morgan fingerprint density at radius 3 is 2.24 bits per heavy atom. The Hall–Kier alpha value is -3.76. The van der Waals surface area contributed by atoms with Crippen LogP contribution in [0.3, 0.4) is 0 Å². The summed E-state index contributed by atoms with van der Waals surface area (Å²) in [5, 5.41) is 20.4. The molecule has 6 heteroatoms. The fourth-order valence-corrected chi connectivity index (χ4v) is 3.21. The van der Waals surface area contributed by atoms with Crippen LogP contribution in [-0.4, -0.2) is 29.0 Å². The highest BCUT2D eigenvalue weighted by atomic mass is 16.3. The number of pyridine rings is 2. The maximum atomic E-state index is 10.2. The number of hydrogen-bond donors (Lipinski definition) is 2. The molecular weight excluding hydrogens is 364 g/mol. The minimum Gasteiger partial charge on any atom is -0.492 e. The molecule has 0 amide bonds. The molecule has 4 aromatic heterocycles. The van der Waals surface area contributed by atoms with Crippen LogP contribution in [0.1, 0.15) is 37.6 Å². The van der Waals surface area contributed by atoms with Crippen LogP contribution in [0, 0.1) is 0 Å². The van der Waals surface area contributed by atoms with Crippen molar-refractivity contribution < 1.29 is 10.2 Å². The van der Waals surface area contributed by atoms with Crippen LogP contribution in [-0.2, 0) is 0 Å². The largest absolute Gasteiger partial charge is 0.492 e. The van der Waals surface area contributed by atoms with E-state index in [1.54, 1.807) is 6.08 Å². The van der Waals surface area contributed by atoms with E-state index in [9.17, 15) is 10.2 Å². The second kappa shape index (κ2) is 8.09. The van der Waals surface area contributed by atoms with Gasteiger partial charge in [0.05, 0.1) is 0 Å². The zero-order valence-corrected chi connectivity index (χ0v) is 16.2. The van der Waals surface area contributed by atoms with Crippen molar-refractivity contribution in [2.75, 3.05) is 0 Å². The molecule has 0 aliphatic rings. The van der Waals surface area contributed by atoms with Gasteiger partial charge in [-0.2, -0.15) is 9.97 Å². The normalized spacial score (nSPS) is 11.3. The van der Waals surface area contributed by atoms with E-state index in [0.29, 0.717) is 22.7 Å². The van der Waals surface area contributed by atoms with E-state index in [0.717, 1.165) is 24.8 Å². The monoisotopic (exact) mass is 386 g/mol. The highest BCUT2D eigenvalue weighted by Gasteiger charge is 2.08. The molecule has 4 heterocycles. The smallest absolute Gasteiger partial charge is 0.238 e. The summed E-state index contributed by atoms with van der Waals surface area (Å²) in [6.07, 6.45) is 12.1. The summed E-state index contributed by atoms with van der Waals surface area (Å²) in [5.41, 5.74) is 6.83. The Kier molecular flexibility index (Phi) is 5.18. The molecule has 0 unspecified atom stereocenters. The lowest BCUT2D eigenvalue weighted by Crippen LogP contribution is -1.86. The second-order valence-corrected chi connectivity index (χ2v) is 6.75. The van der Waals surface area contributed by atoms with Crippen molar-refractivity contribution in [2.24, 2.45) is 0 Å². The van der Waals surface area contributed by atoms with Crippen LogP contribution in [0.2, 0.25) is 0 Å². The predicted octanol–water partition coefficient (Wildman–Crippen LogP) is 4.84. The number of aromatic hydroxyl groups is 2. The maximum Gasteiger partial charge on any atom is 0.238 e. The Labute approximate surface area is 168 Å². The number of rotatable bonds is 6. The van der Waals surface area contributed by atoms with Crippen LogP contribution in [0.4, 0.5) is 0 Å². The predicted molar refractivity (Wildman–Crippen MR) is 114 cm³/mol. The molecule has 4 aromatic rings. The van der Waals surface area contributed by atoms with Gasteiger partial charge in [-0.1, -0.05) is 25.5 Å². The van der Waals surface area contributed by atoms with Gasteiger partial charge in [0, 0.05) is 18.5 Å². The first kappa shape index (κ1) is 18.6. The molecule has 0 saturated carbocycles. The molecule has 0 radical (unpaired) electrons. The van der Waals surface area contributed by atoms with Crippen molar-refractivity contribution >= 4 is 23.4 Å². The van der Waals surface area contributed by atoms with E-state index >= 15 is 0 Å². The zero-order valence-electron chi connectivity index (χ0n) is 16.2. The van der Waals surface area contributed by atoms with E-state index in [-0.39, 0.29) is 11.8 Å². The summed E-state index contributed by atoms with van der Waals surface area (Å²) in [6.45, 7) is 2.14. The average Bonchev–Trinajstić information content (AvgIpc) is 3.22. The number of allylic oxidation sites excluding steroid dienone is 2. The number of nitrogens with zero attached hydrogens (tertiary/aromatic N) is 4. The third-order valence-electron chi connectivity index (χ3n) is 4.73. The van der Waals surface area contributed by atoms with Gasteiger partial charge in [-0.25, -0.2) is 0 Å². The Balaban J connectivity index is 1.74. The molecule has 6 nitrogen and oxygen atoms in total. The van der Waals surface area contributed by atoms with Crippen molar-refractivity contribution in [3.05, 3.63) is 77.6 Å². The second-order valence-electron chi connectivity index (χ2n) is 6.75. The van der Waals surface area contributed by atoms with Gasteiger partial charge in [-0.15, -0.1) is 5.73 Å². The molecule has 29 heavy (non-hydrogen) atoms. The molecule has 0 aliphatic heterocycles. The number of aromatic nitrogens is 4. The van der Waals surface area contributed by atoms with Crippen LogP contribution < -0.4 is 0 Å². The highest BCUT2D eigenvalue weighted by Crippen LogP contribution is 2.22. The molecule has 0 aliphatic carbocycles. The molecule has 0 bridgehead atoms. The highest BCUT2D eigenvalue weighted by molar-refractivity contribution is 5.62. The summed E-state index contributed by atoms with van der Waals surface area (Å²) in [6, 6.07) is 11.2. The topological polar surface area (TPSA) is 75.1 Å². The summed E-state index contributed by atoms with van der Waals surface area (Å²) in [4.78, 5) is 8.33. The fourth-order valence-electron chi connectivity index (χ4n) is 3.21. The maximum absolute atomic E-state index is 10.2. The number of hydrogen-bond acceptors (Lipinski definition) is 4. The first-order valence-corrected chi connectivity index (χ1v) is 9.63. The van der Waals surface area contributed by atoms with Crippen LogP contribution in [0.5, 0.6) is 11.8 Å². The lowest BCUT2D eigenvalue weighted by Gasteiger charge is -1.99. The molecule has 0 aromatic carbocycles. The Morgan fingerprint density at radius 2 is 1.59 bits per heavy atom. The average molecular weight is 386 g/mol. The molecule has 146 valence electrons. The van der Waals surface area contributed by atoms with Crippen molar-refractivity contribution in [1.82, 2.24) is 18.8 Å². The molecule has 0 saturated heterocycles. The molecule has 0 atom stereocenters. The SMILES string of the molecule is CCCCC(=C=Cc1c(O)nc2ccccn12)C=Cc1c(O)nc2ccccn12. The van der Waals surface area contributed by atoms with Crippen molar-refractivity contribution in [3.63, 3.8) is 0 Å². The van der Waals surface area contributed by atoms with E-state index in [1.165, 1.54) is 0 Å². The van der Waals surface area contributed by atoms with E-state index in [4.69, 9.17) is 0 Å². The first-order chi connectivity index (χ1) is 14.2. The lowest BCUT2D eigenvalue weighted by atomic mass is 10.1. The minimum absolute atomic E-state index is 0.00861. The quantitative estimate of drug-likeness (QED) is 0.367. The number of imidazole rings is 2. The fraction of sp³-hybridized carbons (Fsp3) is 0.174. The summed E-state index contributed by atoms with van der Waals surface area (Å²) in [7, 11) is 0. The molecular formula is C23H22N4O2. The van der Waals surface area contributed by atoms with E-state index in [1.807, 2.05) is 69.7 Å². The van der Waals surface area contributed by atoms with Crippen LogP contribution >= 0.6 is 0 Å². The van der Waals surface area contributed by atoms with Crippen molar-refractivity contribution in [1.29, 1.82) is 0 Å². The molecule has 0 fully saturated rings. The first-order valence-electron chi connectivity index (χ1n) is 9.63. The Bertz CT molecular complexity index is 1260. The van der Waals surface area contributed by atoms with Gasteiger partial charge in [0.15, 0.2) is 0 Å². The van der Waals surface area contributed by atoms with Gasteiger partial charge in [0.1, 0.15) is 22.7 Å². The number of fused-ring (bicyclic) bond motifs is 2. The van der Waals surface area contributed by atoms with Gasteiger partial charge >= 0.3 is 0 Å². The molecule has 4 rings (SSSR count). The van der Waals surface area contributed by atoms with Gasteiger partial charge in [0.25, 0.3) is 0 Å². The van der Waals surface area contributed by atoms with Crippen molar-refractivity contribution in [2.45, 2.75) is 26.2 Å². The number of unbranched alkanes of at least 4 members (excludes halogenated alkanes) is 1. The summed E-state index contributed by atoms with van der Waals surface area (Å²) in [5.74, 6) is -0.0346. The summed E-state index contributed by atoms with van der Waals surface area (Å²) >= 11 is 0. The van der Waals surface area contributed by atoms with Gasteiger partial charge in [-0.05, 0) is 54.8 Å². The van der Waals surface area contributed by atoms with E-state index < -0.39 is 0 Å². The lowest BCUT2D eigenvalue weighted by molar-refractivity contribution is 0.455. The van der Waals surface area contributed by atoms with Crippen LogP contribution in [0.15, 0.2) is 66.2 Å². The van der Waals surface area contributed by atoms with Crippen molar-refractivity contribution in [3.8, 4) is 11.8 Å². The Morgan fingerprint density at radius 1 is 0.966 bits per heavy atom. The van der Waals surface area contributed by atoms with Gasteiger partial charge in [-0.3, -0.25) is 8.80 Å².